The number of halogens is 5. The summed E-state index contributed by atoms with van der Waals surface area (Å²) in [6, 6.07) is 11.1. The fourth-order valence-corrected chi connectivity index (χ4v) is 4.75. The summed E-state index contributed by atoms with van der Waals surface area (Å²) in [4.78, 5) is 33.0. The van der Waals surface area contributed by atoms with Gasteiger partial charge >= 0.3 is 5.97 Å². The first-order chi connectivity index (χ1) is 21.0. The van der Waals surface area contributed by atoms with Crippen LogP contribution in [0.15, 0.2) is 47.3 Å². The van der Waals surface area contributed by atoms with Gasteiger partial charge in [0, 0.05) is 7.05 Å². The molecule has 3 aromatic carbocycles. The van der Waals surface area contributed by atoms with Crippen molar-refractivity contribution in [2.45, 2.75) is 33.1 Å². The quantitative estimate of drug-likeness (QED) is 0.0702. The average Bonchev–Trinajstić information content (AvgIpc) is 3.33. The van der Waals surface area contributed by atoms with Gasteiger partial charge in [-0.2, -0.15) is 13.9 Å². The molecule has 0 aliphatic carbocycles. The van der Waals surface area contributed by atoms with E-state index in [1.54, 1.807) is 25.2 Å². The minimum atomic E-state index is -2.36. The van der Waals surface area contributed by atoms with E-state index in [4.69, 9.17) is 9.72 Å². The summed E-state index contributed by atoms with van der Waals surface area (Å²) in [6.07, 6.45) is 1.83. The molecule has 228 valence electrons. The Morgan fingerprint density at radius 1 is 0.909 bits per heavy atom. The highest BCUT2D eigenvalue weighted by atomic mass is 19.2. The molecule has 0 unspecified atom stereocenters. The van der Waals surface area contributed by atoms with Crippen molar-refractivity contribution in [3.8, 4) is 22.9 Å². The number of benzene rings is 3. The normalized spacial score (nSPS) is 11.3. The molecular weight excluding hydrogens is 587 g/mol. The Kier molecular flexibility index (Phi) is 8.47. The van der Waals surface area contributed by atoms with Gasteiger partial charge in [-0.25, -0.2) is 22.9 Å². The van der Waals surface area contributed by atoms with E-state index >= 15 is 0 Å². The van der Waals surface area contributed by atoms with Crippen molar-refractivity contribution in [2.75, 3.05) is 6.61 Å². The number of carbonyl (C=O) groups excluding carboxylic acids is 1. The third kappa shape index (κ3) is 5.64. The number of nitrogens with zero attached hydrogens (tertiary/aromatic N) is 3. The van der Waals surface area contributed by atoms with Crippen molar-refractivity contribution in [3.05, 3.63) is 104 Å². The molecule has 0 atom stereocenters. The van der Waals surface area contributed by atoms with Gasteiger partial charge in [0.25, 0.3) is 5.56 Å². The predicted molar refractivity (Wildman–Crippen MR) is 150 cm³/mol. The molecule has 0 bridgehead atoms. The summed E-state index contributed by atoms with van der Waals surface area (Å²) in [6.45, 7) is 4.21. The molecule has 0 radical (unpaired) electrons. The number of esters is 1. The Morgan fingerprint density at radius 2 is 1.55 bits per heavy atom. The largest absolute Gasteiger partial charge is 0.493 e. The molecule has 0 fully saturated rings. The molecule has 13 heteroatoms. The summed E-state index contributed by atoms with van der Waals surface area (Å²) in [5, 5.41) is 4.45. The minimum Gasteiger partial charge on any atom is -0.493 e. The number of rotatable bonds is 9. The van der Waals surface area contributed by atoms with Crippen LogP contribution in [0.4, 0.5) is 22.0 Å². The maximum Gasteiger partial charge on any atom is 0.343 e. The molecule has 2 heterocycles. The molecule has 0 aliphatic rings. The topological polar surface area (TPSA) is 99.1 Å². The first-order valence-electron chi connectivity index (χ1n) is 13.6. The van der Waals surface area contributed by atoms with Crippen LogP contribution < -0.4 is 15.0 Å². The zero-order valence-corrected chi connectivity index (χ0v) is 23.7. The fourth-order valence-electron chi connectivity index (χ4n) is 4.75. The molecule has 1 N–H and O–H groups in total. The maximum absolute atomic E-state index is 13.9. The van der Waals surface area contributed by atoms with Crippen LogP contribution in [0, 0.1) is 29.1 Å². The molecule has 5 rings (SSSR count). The number of aryl methyl sites for hydroxylation is 2. The van der Waals surface area contributed by atoms with Gasteiger partial charge in [0.15, 0.2) is 5.52 Å². The van der Waals surface area contributed by atoms with E-state index in [1.807, 2.05) is 26.0 Å². The Hall–Kier alpha value is -5.07. The highest BCUT2D eigenvalue weighted by molar-refractivity contribution is 5.91. The van der Waals surface area contributed by atoms with E-state index < -0.39 is 40.8 Å². The van der Waals surface area contributed by atoms with Gasteiger partial charge < -0.3 is 14.5 Å². The van der Waals surface area contributed by atoms with Crippen LogP contribution in [-0.2, 0) is 19.9 Å². The van der Waals surface area contributed by atoms with Crippen molar-refractivity contribution in [1.29, 1.82) is 0 Å². The van der Waals surface area contributed by atoms with Crippen LogP contribution in [-0.4, -0.2) is 32.3 Å². The summed E-state index contributed by atoms with van der Waals surface area (Å²) in [5.41, 5.74) is 3.12. The smallest absolute Gasteiger partial charge is 0.343 e. The molecular formula is C31H25F5N4O4. The molecule has 0 amide bonds. The lowest BCUT2D eigenvalue weighted by Crippen LogP contribution is -2.13. The number of hydrogen-bond donors (Lipinski definition) is 1. The third-order valence-electron chi connectivity index (χ3n) is 6.81. The van der Waals surface area contributed by atoms with Crippen molar-refractivity contribution in [2.24, 2.45) is 7.05 Å². The minimum absolute atomic E-state index is 0.181. The summed E-state index contributed by atoms with van der Waals surface area (Å²) in [7, 11) is 1.69. The van der Waals surface area contributed by atoms with Crippen LogP contribution in [0.5, 0.6) is 11.5 Å². The lowest BCUT2D eigenvalue weighted by molar-refractivity contribution is 0.0716. The molecule has 0 spiro atoms. The Morgan fingerprint density at radius 3 is 2.18 bits per heavy atom. The summed E-state index contributed by atoms with van der Waals surface area (Å²) in [5.74, 6) is -13.5. The number of aromatic amines is 1. The van der Waals surface area contributed by atoms with Crippen LogP contribution in [0.3, 0.4) is 0 Å². The summed E-state index contributed by atoms with van der Waals surface area (Å²) >= 11 is 0. The van der Waals surface area contributed by atoms with E-state index in [0.29, 0.717) is 58.9 Å². The lowest BCUT2D eigenvalue weighted by Gasteiger charge is -2.13. The number of hydrogen-bond acceptors (Lipinski definition) is 6. The van der Waals surface area contributed by atoms with Crippen LogP contribution in [0.25, 0.3) is 22.4 Å². The predicted octanol–water partition coefficient (Wildman–Crippen LogP) is 6.18. The number of H-pyrrole nitrogens is 1. The van der Waals surface area contributed by atoms with E-state index in [-0.39, 0.29) is 11.1 Å². The maximum atomic E-state index is 13.9. The third-order valence-corrected chi connectivity index (χ3v) is 6.81. The van der Waals surface area contributed by atoms with Crippen molar-refractivity contribution < 1.29 is 36.2 Å². The second kappa shape index (κ2) is 12.3. The van der Waals surface area contributed by atoms with Crippen LogP contribution in [0.1, 0.15) is 47.4 Å². The zero-order valence-electron chi connectivity index (χ0n) is 23.7. The number of aromatic nitrogens is 4. The van der Waals surface area contributed by atoms with Crippen molar-refractivity contribution >= 4 is 17.0 Å². The van der Waals surface area contributed by atoms with Gasteiger partial charge in [0.1, 0.15) is 17.1 Å². The molecule has 0 saturated heterocycles. The first kappa shape index (κ1) is 30.4. The zero-order chi connectivity index (χ0) is 31.7. The molecule has 8 nitrogen and oxygen atoms in total. The Bertz CT molecular complexity index is 1930. The van der Waals surface area contributed by atoms with E-state index in [9.17, 15) is 31.5 Å². The van der Waals surface area contributed by atoms with Crippen LogP contribution in [0.2, 0.25) is 0 Å². The number of carbonyl (C=O) groups is 1. The Labute approximate surface area is 247 Å². The Balaban J connectivity index is 1.42. The number of ether oxygens (including phenoxy) is 2. The fraction of sp³-hybridized carbons (Fsp3) is 0.226. The SMILES string of the molecule is CCCc1nn(C)c2c(=O)[nH]c(-c3cc(Cc4ccc(C(=O)Oc5c(F)c(F)c(F)c(F)c5F)cc4)ccc3OCC)nc12. The molecule has 44 heavy (non-hydrogen) atoms. The second-order valence-electron chi connectivity index (χ2n) is 9.86. The van der Waals surface area contributed by atoms with Crippen LogP contribution >= 0.6 is 0 Å². The summed E-state index contributed by atoms with van der Waals surface area (Å²) < 4.78 is 79.9. The van der Waals surface area contributed by atoms with Gasteiger partial charge in [-0.15, -0.1) is 0 Å². The van der Waals surface area contributed by atoms with Gasteiger partial charge in [0.2, 0.25) is 34.8 Å². The van der Waals surface area contributed by atoms with Gasteiger partial charge in [0.05, 0.1) is 23.4 Å². The second-order valence-corrected chi connectivity index (χ2v) is 9.86. The standard InChI is InChI=1S/C31H25F5N4O4/c1-4-6-19-26-27(40(3)39-19)30(41)38-29(37-26)18-14-16(9-12-20(18)43-5-2)13-15-7-10-17(11-8-15)31(42)44-28-24(35)22(33)21(32)23(34)25(28)36/h7-12,14H,4-6,13H2,1-3H3,(H,37,38,41). The first-order valence-corrected chi connectivity index (χ1v) is 13.6. The molecule has 0 aliphatic heterocycles. The molecule has 2 aromatic heterocycles. The highest BCUT2D eigenvalue weighted by Crippen LogP contribution is 2.32. The van der Waals surface area contributed by atoms with Crippen molar-refractivity contribution in [3.63, 3.8) is 0 Å². The highest BCUT2D eigenvalue weighted by Gasteiger charge is 2.29. The monoisotopic (exact) mass is 612 g/mol. The molecule has 0 saturated carbocycles. The van der Waals surface area contributed by atoms with Gasteiger partial charge in [-0.1, -0.05) is 31.5 Å². The van der Waals surface area contributed by atoms with E-state index in [2.05, 4.69) is 14.8 Å². The average molecular weight is 613 g/mol. The van der Waals surface area contributed by atoms with E-state index in [1.165, 1.54) is 16.8 Å². The molecule has 5 aromatic rings. The van der Waals surface area contributed by atoms with Gasteiger partial charge in [-0.3, -0.25) is 9.48 Å². The lowest BCUT2D eigenvalue weighted by atomic mass is 10.0. The van der Waals surface area contributed by atoms with Crippen molar-refractivity contribution in [1.82, 2.24) is 19.7 Å². The van der Waals surface area contributed by atoms with E-state index in [0.717, 1.165) is 12.0 Å². The van der Waals surface area contributed by atoms with Gasteiger partial charge in [-0.05, 0) is 55.2 Å². The number of nitrogens with one attached hydrogen (secondary N) is 1. The number of fused-ring (bicyclic) bond motifs is 1.